The Hall–Kier alpha value is -1.39. The van der Waals surface area contributed by atoms with E-state index in [0.29, 0.717) is 18.9 Å². The third kappa shape index (κ3) is 3.58. The minimum absolute atomic E-state index is 0.0304. The summed E-state index contributed by atoms with van der Waals surface area (Å²) in [6.45, 7) is 3.60. The number of carbonyl (C=O) groups is 1. The molecule has 0 saturated carbocycles. The number of hydrogen-bond acceptors (Lipinski definition) is 3. The van der Waals surface area contributed by atoms with Gasteiger partial charge in [0.15, 0.2) is 0 Å². The van der Waals surface area contributed by atoms with E-state index in [4.69, 9.17) is 10.5 Å². The van der Waals surface area contributed by atoms with Gasteiger partial charge in [-0.3, -0.25) is 4.79 Å². The van der Waals surface area contributed by atoms with Crippen molar-refractivity contribution in [3.63, 3.8) is 0 Å². The Morgan fingerprint density at radius 3 is 2.80 bits per heavy atom. The van der Waals surface area contributed by atoms with Crippen molar-refractivity contribution in [3.05, 3.63) is 35.9 Å². The number of nitrogens with two attached hydrogens (primary N) is 1. The van der Waals surface area contributed by atoms with Gasteiger partial charge in [0.1, 0.15) is 0 Å². The Morgan fingerprint density at radius 2 is 2.15 bits per heavy atom. The third-order valence-electron chi connectivity index (χ3n) is 4.12. The predicted octanol–water partition coefficient (Wildman–Crippen LogP) is 1.44. The topological polar surface area (TPSA) is 55.6 Å². The third-order valence-corrected chi connectivity index (χ3v) is 4.12. The molecule has 1 heterocycles. The lowest BCUT2D eigenvalue weighted by Crippen LogP contribution is -2.52. The quantitative estimate of drug-likeness (QED) is 0.905. The maximum absolute atomic E-state index is 12.4. The van der Waals surface area contributed by atoms with E-state index in [1.165, 1.54) is 0 Å². The molecule has 1 aliphatic heterocycles. The number of nitrogens with zero attached hydrogens (tertiary/aromatic N) is 1. The molecule has 2 N–H and O–H groups in total. The van der Waals surface area contributed by atoms with Gasteiger partial charge in [0.25, 0.3) is 0 Å². The number of methoxy groups -OCH3 is 1. The molecular weight excluding hydrogens is 252 g/mol. The number of rotatable bonds is 4. The Balaban J connectivity index is 1.93. The van der Waals surface area contributed by atoms with Crippen molar-refractivity contribution in [2.45, 2.75) is 31.9 Å². The second-order valence-electron chi connectivity index (χ2n) is 5.62. The van der Waals surface area contributed by atoms with Crippen molar-refractivity contribution < 1.29 is 9.53 Å². The second-order valence-corrected chi connectivity index (χ2v) is 5.62. The van der Waals surface area contributed by atoms with Gasteiger partial charge in [0.2, 0.25) is 5.91 Å². The molecule has 20 heavy (non-hydrogen) atoms. The number of carbonyl (C=O) groups excluding carboxylic acids is 1. The van der Waals surface area contributed by atoms with Crippen LogP contribution in [0, 0.1) is 5.92 Å². The number of likely N-dealkylation sites (tertiary alicyclic amines) is 1. The summed E-state index contributed by atoms with van der Waals surface area (Å²) in [7, 11) is 1.71. The molecule has 2 unspecified atom stereocenters. The van der Waals surface area contributed by atoms with E-state index in [0.717, 1.165) is 18.5 Å². The van der Waals surface area contributed by atoms with Crippen molar-refractivity contribution in [1.29, 1.82) is 0 Å². The zero-order valence-corrected chi connectivity index (χ0v) is 12.3. The number of hydrogen-bond donors (Lipinski definition) is 1. The average Bonchev–Trinajstić information content (AvgIpc) is 2.48. The summed E-state index contributed by atoms with van der Waals surface area (Å²) in [6.07, 6.45) is 1.68. The summed E-state index contributed by atoms with van der Waals surface area (Å²) in [5.41, 5.74) is 7.17. The molecule has 110 valence electrons. The number of ether oxygens (including phenoxy) is 1. The maximum atomic E-state index is 12.4. The van der Waals surface area contributed by atoms with Gasteiger partial charge in [-0.1, -0.05) is 37.3 Å². The summed E-state index contributed by atoms with van der Waals surface area (Å²) in [5.74, 6) is 0.525. The van der Waals surface area contributed by atoms with Gasteiger partial charge in [-0.25, -0.2) is 0 Å². The van der Waals surface area contributed by atoms with E-state index < -0.39 is 6.04 Å². The first-order chi connectivity index (χ1) is 9.61. The van der Waals surface area contributed by atoms with Crippen LogP contribution < -0.4 is 5.73 Å². The zero-order chi connectivity index (χ0) is 14.5. The lowest BCUT2D eigenvalue weighted by atomic mass is 9.95. The van der Waals surface area contributed by atoms with Crippen LogP contribution in [-0.4, -0.2) is 43.2 Å². The standard InChI is InChI=1S/C16H24N2O2/c1-12-8-9-18(11-15(12)20-2)16(19)14(17)10-13-6-4-3-5-7-13/h3-7,12,14-15H,8-11,17H2,1-2H3/t12?,14-,15?/m1/s1. The summed E-state index contributed by atoms with van der Waals surface area (Å²) >= 11 is 0. The molecule has 1 saturated heterocycles. The molecule has 0 spiro atoms. The largest absolute Gasteiger partial charge is 0.379 e. The van der Waals surface area contributed by atoms with Crippen molar-refractivity contribution in [2.24, 2.45) is 11.7 Å². The minimum atomic E-state index is -0.469. The first-order valence-corrected chi connectivity index (χ1v) is 7.23. The van der Waals surface area contributed by atoms with Crippen LogP contribution in [-0.2, 0) is 16.0 Å². The van der Waals surface area contributed by atoms with Crippen molar-refractivity contribution >= 4 is 5.91 Å². The highest BCUT2D eigenvalue weighted by atomic mass is 16.5. The van der Waals surface area contributed by atoms with Gasteiger partial charge < -0.3 is 15.4 Å². The molecule has 1 aliphatic rings. The van der Waals surface area contributed by atoms with Crippen LogP contribution in [0.25, 0.3) is 0 Å². The van der Waals surface area contributed by atoms with Crippen LogP contribution in [0.1, 0.15) is 18.9 Å². The van der Waals surface area contributed by atoms with E-state index in [2.05, 4.69) is 6.92 Å². The highest BCUT2D eigenvalue weighted by Crippen LogP contribution is 2.20. The fourth-order valence-electron chi connectivity index (χ4n) is 2.73. The van der Waals surface area contributed by atoms with Crippen LogP contribution in [0.4, 0.5) is 0 Å². The van der Waals surface area contributed by atoms with E-state index in [1.807, 2.05) is 35.2 Å². The van der Waals surface area contributed by atoms with Gasteiger partial charge in [-0.2, -0.15) is 0 Å². The number of amides is 1. The molecular formula is C16H24N2O2. The van der Waals surface area contributed by atoms with Crippen molar-refractivity contribution in [1.82, 2.24) is 4.90 Å². The molecule has 1 amide bonds. The fourth-order valence-corrected chi connectivity index (χ4v) is 2.73. The monoisotopic (exact) mass is 276 g/mol. The molecule has 4 nitrogen and oxygen atoms in total. The highest BCUT2D eigenvalue weighted by molar-refractivity contribution is 5.82. The van der Waals surface area contributed by atoms with Gasteiger partial charge >= 0.3 is 0 Å². The molecule has 2 rings (SSSR count). The molecule has 3 atom stereocenters. The Bertz CT molecular complexity index is 435. The van der Waals surface area contributed by atoms with Gasteiger partial charge in [0, 0.05) is 20.2 Å². The van der Waals surface area contributed by atoms with E-state index in [-0.39, 0.29) is 12.0 Å². The smallest absolute Gasteiger partial charge is 0.239 e. The SMILES string of the molecule is COC1CN(C(=O)[C@H](N)Cc2ccccc2)CCC1C. The summed E-state index contributed by atoms with van der Waals surface area (Å²) in [4.78, 5) is 14.3. The highest BCUT2D eigenvalue weighted by Gasteiger charge is 2.30. The Morgan fingerprint density at radius 1 is 1.45 bits per heavy atom. The molecule has 4 heteroatoms. The van der Waals surface area contributed by atoms with Crippen molar-refractivity contribution in [2.75, 3.05) is 20.2 Å². The first-order valence-electron chi connectivity index (χ1n) is 7.23. The normalized spacial score (nSPS) is 24.4. The summed E-state index contributed by atoms with van der Waals surface area (Å²) in [6, 6.07) is 9.44. The minimum Gasteiger partial charge on any atom is -0.379 e. The van der Waals surface area contributed by atoms with E-state index in [1.54, 1.807) is 7.11 Å². The van der Waals surface area contributed by atoms with Crippen molar-refractivity contribution in [3.8, 4) is 0 Å². The predicted molar refractivity (Wildman–Crippen MR) is 79.3 cm³/mol. The summed E-state index contributed by atoms with van der Waals surface area (Å²) < 4.78 is 5.45. The lowest BCUT2D eigenvalue weighted by molar-refractivity contribution is -0.137. The van der Waals surface area contributed by atoms with Crippen LogP contribution >= 0.6 is 0 Å². The lowest BCUT2D eigenvalue weighted by Gasteiger charge is -2.37. The zero-order valence-electron chi connectivity index (χ0n) is 12.3. The molecule has 0 bridgehead atoms. The maximum Gasteiger partial charge on any atom is 0.239 e. The molecule has 1 aromatic rings. The summed E-state index contributed by atoms with van der Waals surface area (Å²) in [5, 5.41) is 0. The number of piperidine rings is 1. The van der Waals surface area contributed by atoms with Crippen LogP contribution in [0.2, 0.25) is 0 Å². The molecule has 0 aromatic heterocycles. The van der Waals surface area contributed by atoms with Gasteiger partial charge in [-0.05, 0) is 24.3 Å². The molecule has 0 radical (unpaired) electrons. The molecule has 1 aromatic carbocycles. The Labute approximate surface area is 120 Å². The average molecular weight is 276 g/mol. The molecule has 0 aliphatic carbocycles. The van der Waals surface area contributed by atoms with E-state index >= 15 is 0 Å². The molecule has 1 fully saturated rings. The number of benzene rings is 1. The first kappa shape index (κ1) is 15.0. The van der Waals surface area contributed by atoms with Gasteiger partial charge in [0.05, 0.1) is 12.1 Å². The Kier molecular flexibility index (Phi) is 5.15. The van der Waals surface area contributed by atoms with Gasteiger partial charge in [-0.15, -0.1) is 0 Å². The van der Waals surface area contributed by atoms with Crippen LogP contribution in [0.5, 0.6) is 0 Å². The van der Waals surface area contributed by atoms with Crippen LogP contribution in [0.3, 0.4) is 0 Å². The van der Waals surface area contributed by atoms with Crippen LogP contribution in [0.15, 0.2) is 30.3 Å². The van der Waals surface area contributed by atoms with E-state index in [9.17, 15) is 4.79 Å². The second kappa shape index (κ2) is 6.86. The fraction of sp³-hybridized carbons (Fsp3) is 0.562.